The first-order valence-corrected chi connectivity index (χ1v) is 8.95. The summed E-state index contributed by atoms with van der Waals surface area (Å²) in [6.07, 6.45) is 7.55. The predicted octanol–water partition coefficient (Wildman–Crippen LogP) is 1.11. The molecule has 0 amide bonds. The van der Waals surface area contributed by atoms with Gasteiger partial charge in [-0.2, -0.15) is 4.99 Å². The van der Waals surface area contributed by atoms with Crippen LogP contribution in [0.25, 0.3) is 0 Å². The predicted molar refractivity (Wildman–Crippen MR) is 89.3 cm³/mol. The molecule has 6 heteroatoms. The molecule has 1 saturated carbocycles. The maximum absolute atomic E-state index is 5.47. The van der Waals surface area contributed by atoms with Crippen LogP contribution in [0, 0.1) is 0 Å². The van der Waals surface area contributed by atoms with Gasteiger partial charge < -0.3 is 24.2 Å². The van der Waals surface area contributed by atoms with Crippen LogP contribution in [-0.4, -0.2) is 85.9 Å². The van der Waals surface area contributed by atoms with Crippen LogP contribution in [0.1, 0.15) is 25.7 Å². The molecule has 1 aliphatic carbocycles. The zero-order valence-electron chi connectivity index (χ0n) is 14.2. The van der Waals surface area contributed by atoms with E-state index >= 15 is 0 Å². The number of methoxy groups -OCH3 is 1. The summed E-state index contributed by atoms with van der Waals surface area (Å²) in [5, 5.41) is 0. The lowest BCUT2D eigenvalue weighted by Gasteiger charge is -2.36. The normalized spacial score (nSPS) is 26.6. The highest BCUT2D eigenvalue weighted by molar-refractivity contribution is 5.85. The third-order valence-electron chi connectivity index (χ3n) is 5.68. The van der Waals surface area contributed by atoms with E-state index in [4.69, 9.17) is 14.5 Å². The van der Waals surface area contributed by atoms with Crippen LogP contribution >= 0.6 is 0 Å². The molecule has 0 unspecified atom stereocenters. The van der Waals surface area contributed by atoms with Crippen molar-refractivity contribution in [3.05, 3.63) is 11.9 Å². The molecule has 3 heterocycles. The molecule has 4 aliphatic rings. The van der Waals surface area contributed by atoms with E-state index in [1.54, 1.807) is 7.11 Å². The maximum atomic E-state index is 5.47. The molecular weight excluding hydrogens is 292 g/mol. The van der Waals surface area contributed by atoms with Crippen molar-refractivity contribution in [2.45, 2.75) is 31.2 Å². The third-order valence-corrected chi connectivity index (χ3v) is 5.68. The van der Waals surface area contributed by atoms with Gasteiger partial charge >= 0.3 is 0 Å². The van der Waals surface area contributed by atoms with E-state index in [-0.39, 0.29) is 0 Å². The average molecular weight is 320 g/mol. The standard InChI is InChI=1S/C17H28N4O2/c1-22-11-10-21-16-18-15(19-8-12-23-13-9-19)4-7-20(16)14-17(21)5-2-3-6-17/h4H,2-3,5-14H2,1H3. The number of aliphatic imine (C=N–C) groups is 1. The molecule has 2 saturated heterocycles. The summed E-state index contributed by atoms with van der Waals surface area (Å²) in [6, 6.07) is 0. The summed E-state index contributed by atoms with van der Waals surface area (Å²) >= 11 is 0. The number of rotatable bonds is 4. The zero-order valence-corrected chi connectivity index (χ0v) is 14.2. The zero-order chi connectivity index (χ0) is 15.7. The Bertz CT molecular complexity index is 493. The van der Waals surface area contributed by atoms with E-state index in [9.17, 15) is 0 Å². The molecule has 0 aromatic rings. The van der Waals surface area contributed by atoms with Crippen molar-refractivity contribution in [1.29, 1.82) is 0 Å². The molecule has 0 N–H and O–H groups in total. The summed E-state index contributed by atoms with van der Waals surface area (Å²) in [5.74, 6) is 2.31. The fraction of sp³-hybridized carbons (Fsp3) is 0.824. The van der Waals surface area contributed by atoms with Crippen LogP contribution in [-0.2, 0) is 9.47 Å². The molecule has 4 rings (SSSR count). The van der Waals surface area contributed by atoms with Gasteiger partial charge in [-0.1, -0.05) is 12.8 Å². The topological polar surface area (TPSA) is 40.5 Å². The minimum absolute atomic E-state index is 0.297. The van der Waals surface area contributed by atoms with E-state index in [1.807, 2.05) is 0 Å². The van der Waals surface area contributed by atoms with Crippen LogP contribution in [0.5, 0.6) is 0 Å². The van der Waals surface area contributed by atoms with E-state index < -0.39 is 0 Å². The first-order chi connectivity index (χ1) is 11.3. The molecule has 6 nitrogen and oxygen atoms in total. The Kier molecular flexibility index (Phi) is 4.20. The number of morpholine rings is 1. The van der Waals surface area contributed by atoms with Crippen LogP contribution in [0.4, 0.5) is 0 Å². The van der Waals surface area contributed by atoms with Crippen molar-refractivity contribution in [2.24, 2.45) is 4.99 Å². The summed E-state index contributed by atoms with van der Waals surface area (Å²) in [7, 11) is 1.79. The summed E-state index contributed by atoms with van der Waals surface area (Å²) in [4.78, 5) is 12.4. The second-order valence-corrected chi connectivity index (χ2v) is 7.03. The van der Waals surface area contributed by atoms with Crippen molar-refractivity contribution in [3.63, 3.8) is 0 Å². The lowest BCUT2D eigenvalue weighted by molar-refractivity contribution is 0.0525. The van der Waals surface area contributed by atoms with E-state index in [0.29, 0.717) is 5.54 Å². The number of fused-ring (bicyclic) bond motifs is 1. The van der Waals surface area contributed by atoms with Gasteiger partial charge in [-0.25, -0.2) is 0 Å². The van der Waals surface area contributed by atoms with Crippen LogP contribution in [0.3, 0.4) is 0 Å². The maximum Gasteiger partial charge on any atom is 0.204 e. The number of guanidine groups is 1. The average Bonchev–Trinajstić information content (AvgIpc) is 3.18. The van der Waals surface area contributed by atoms with Crippen LogP contribution < -0.4 is 0 Å². The number of hydrogen-bond acceptors (Lipinski definition) is 6. The minimum atomic E-state index is 0.297. The smallest absolute Gasteiger partial charge is 0.204 e. The van der Waals surface area contributed by atoms with Gasteiger partial charge in [0.15, 0.2) is 0 Å². The Hall–Kier alpha value is -1.27. The SMILES string of the molecule is COCCN1C2=NC(N3CCOCC3)=CCN2CC12CCCC2. The Morgan fingerprint density at radius 2 is 2.00 bits per heavy atom. The second kappa shape index (κ2) is 6.32. The molecule has 1 spiro atoms. The first kappa shape index (κ1) is 15.3. The molecule has 0 aromatic carbocycles. The summed E-state index contributed by atoms with van der Waals surface area (Å²) < 4.78 is 10.8. The number of ether oxygens (including phenoxy) is 2. The molecule has 0 bridgehead atoms. The van der Waals surface area contributed by atoms with E-state index in [1.165, 1.54) is 31.6 Å². The second-order valence-electron chi connectivity index (χ2n) is 7.03. The third kappa shape index (κ3) is 2.72. The molecule has 3 fully saturated rings. The number of hydrogen-bond donors (Lipinski definition) is 0. The lowest BCUT2D eigenvalue weighted by atomic mass is 9.97. The molecular formula is C17H28N4O2. The molecule has 0 atom stereocenters. The number of nitrogens with zero attached hydrogens (tertiary/aromatic N) is 4. The molecule has 0 aromatic heterocycles. The van der Waals surface area contributed by atoms with Crippen LogP contribution in [0.2, 0.25) is 0 Å². The van der Waals surface area contributed by atoms with Crippen LogP contribution in [0.15, 0.2) is 16.9 Å². The summed E-state index contributed by atoms with van der Waals surface area (Å²) in [5.41, 5.74) is 0.297. The largest absolute Gasteiger partial charge is 0.383 e. The van der Waals surface area contributed by atoms with E-state index in [0.717, 1.165) is 58.4 Å². The van der Waals surface area contributed by atoms with E-state index in [2.05, 4.69) is 20.8 Å². The van der Waals surface area contributed by atoms with Crippen molar-refractivity contribution >= 4 is 5.96 Å². The van der Waals surface area contributed by atoms with Gasteiger partial charge in [0.25, 0.3) is 0 Å². The monoisotopic (exact) mass is 320 g/mol. The highest BCUT2D eigenvalue weighted by Crippen LogP contribution is 2.41. The molecule has 0 radical (unpaired) electrons. The quantitative estimate of drug-likeness (QED) is 0.776. The van der Waals surface area contributed by atoms with Crippen molar-refractivity contribution in [3.8, 4) is 0 Å². The molecule has 128 valence electrons. The minimum Gasteiger partial charge on any atom is -0.383 e. The Labute approximate surface area is 138 Å². The Balaban J connectivity index is 1.57. The fourth-order valence-electron chi connectivity index (χ4n) is 4.48. The first-order valence-electron chi connectivity index (χ1n) is 8.95. The van der Waals surface area contributed by atoms with Gasteiger partial charge in [-0.3, -0.25) is 0 Å². The van der Waals surface area contributed by atoms with Crippen molar-refractivity contribution in [2.75, 3.05) is 59.7 Å². The Morgan fingerprint density at radius 1 is 1.22 bits per heavy atom. The fourth-order valence-corrected chi connectivity index (χ4v) is 4.48. The van der Waals surface area contributed by atoms with Gasteiger partial charge in [-0.15, -0.1) is 0 Å². The van der Waals surface area contributed by atoms with Gasteiger partial charge in [-0.05, 0) is 18.9 Å². The van der Waals surface area contributed by atoms with Gasteiger partial charge in [0.05, 0.1) is 25.4 Å². The van der Waals surface area contributed by atoms with Crippen molar-refractivity contribution in [1.82, 2.24) is 14.7 Å². The van der Waals surface area contributed by atoms with Crippen molar-refractivity contribution < 1.29 is 9.47 Å². The highest BCUT2D eigenvalue weighted by atomic mass is 16.5. The van der Waals surface area contributed by atoms with Gasteiger partial charge in [0.1, 0.15) is 5.82 Å². The Morgan fingerprint density at radius 3 is 2.74 bits per heavy atom. The highest BCUT2D eigenvalue weighted by Gasteiger charge is 2.49. The molecule has 3 aliphatic heterocycles. The van der Waals surface area contributed by atoms with Gasteiger partial charge in [0.2, 0.25) is 5.96 Å². The van der Waals surface area contributed by atoms with Gasteiger partial charge in [0, 0.05) is 39.8 Å². The molecule has 23 heavy (non-hydrogen) atoms. The lowest BCUT2D eigenvalue weighted by Crippen LogP contribution is -2.47. The summed E-state index contributed by atoms with van der Waals surface area (Å²) in [6.45, 7) is 7.34.